The molecule has 6 nitrogen and oxygen atoms in total. The summed E-state index contributed by atoms with van der Waals surface area (Å²) in [6, 6.07) is 0. The fraction of sp³-hybridized carbons (Fsp3) is 0.800. The Bertz CT molecular complexity index is 534. The van der Waals surface area contributed by atoms with Crippen LogP contribution in [0.15, 0.2) is 6.33 Å². The number of aromatic amines is 1. The Morgan fingerprint density at radius 3 is 2.48 bits per heavy atom. The van der Waals surface area contributed by atoms with Gasteiger partial charge in [0.25, 0.3) is 0 Å². The SMILES string of the molecule is O=C(C1[C@@H]2[C@H]3CC[C@H](C3)[C@H]12)N1CCN(c2ncn[nH]2)CC1. The van der Waals surface area contributed by atoms with Crippen molar-refractivity contribution in [2.75, 3.05) is 31.1 Å². The quantitative estimate of drug-likeness (QED) is 0.871. The predicted octanol–water partition coefficient (Wildman–Crippen LogP) is 0.745. The standard InChI is InChI=1S/C15H21N5O/c21-14(13-11-9-1-2-10(7-9)12(11)13)19-3-5-20(6-4-19)15-16-8-17-18-15/h8-13H,1-7H2,(H,16,17,18)/t9-,10+,11+,12-,13?. The first kappa shape index (κ1) is 12.0. The van der Waals surface area contributed by atoms with Crippen molar-refractivity contribution in [1.82, 2.24) is 20.1 Å². The van der Waals surface area contributed by atoms with Crippen molar-refractivity contribution in [2.24, 2.45) is 29.6 Å². The van der Waals surface area contributed by atoms with Crippen LogP contribution in [0.4, 0.5) is 5.95 Å². The lowest BCUT2D eigenvalue weighted by Gasteiger charge is -2.34. The fourth-order valence-electron chi connectivity index (χ4n) is 5.36. The molecule has 2 heterocycles. The maximum atomic E-state index is 12.8. The molecule has 1 saturated heterocycles. The van der Waals surface area contributed by atoms with Gasteiger partial charge in [0.1, 0.15) is 6.33 Å². The molecule has 6 heteroatoms. The van der Waals surface area contributed by atoms with Crippen LogP contribution >= 0.6 is 0 Å². The van der Waals surface area contributed by atoms with E-state index in [-0.39, 0.29) is 0 Å². The van der Waals surface area contributed by atoms with Gasteiger partial charge in [-0.2, -0.15) is 10.1 Å². The van der Waals surface area contributed by atoms with Gasteiger partial charge < -0.3 is 9.80 Å². The molecule has 3 aliphatic carbocycles. The number of nitrogens with zero attached hydrogens (tertiary/aromatic N) is 4. The third-order valence-electron chi connectivity index (χ3n) is 6.31. The van der Waals surface area contributed by atoms with Gasteiger partial charge in [0.2, 0.25) is 11.9 Å². The predicted molar refractivity (Wildman–Crippen MR) is 76.5 cm³/mol. The minimum absolute atomic E-state index is 0.382. The topological polar surface area (TPSA) is 65.1 Å². The fourth-order valence-corrected chi connectivity index (χ4v) is 5.36. The zero-order valence-electron chi connectivity index (χ0n) is 12.1. The Morgan fingerprint density at radius 2 is 1.86 bits per heavy atom. The number of nitrogens with one attached hydrogen (secondary N) is 1. The molecule has 1 aromatic rings. The minimum Gasteiger partial charge on any atom is -0.339 e. The number of carbonyl (C=O) groups is 1. The zero-order chi connectivity index (χ0) is 14.0. The van der Waals surface area contributed by atoms with E-state index in [9.17, 15) is 4.79 Å². The molecular weight excluding hydrogens is 266 g/mol. The number of hydrogen-bond donors (Lipinski definition) is 1. The highest BCUT2D eigenvalue weighted by atomic mass is 16.2. The molecule has 5 atom stereocenters. The second kappa shape index (κ2) is 4.21. The van der Waals surface area contributed by atoms with Gasteiger partial charge in [-0.1, -0.05) is 0 Å². The first-order chi connectivity index (χ1) is 10.3. The Labute approximate surface area is 123 Å². The number of piperazine rings is 1. The van der Waals surface area contributed by atoms with Gasteiger partial charge in [0, 0.05) is 32.1 Å². The molecular formula is C15H21N5O. The van der Waals surface area contributed by atoms with Gasteiger partial charge >= 0.3 is 0 Å². The van der Waals surface area contributed by atoms with Crippen LogP contribution in [-0.2, 0) is 4.79 Å². The van der Waals surface area contributed by atoms with Gasteiger partial charge in [0.05, 0.1) is 0 Å². The molecule has 2 bridgehead atoms. The zero-order valence-corrected chi connectivity index (χ0v) is 12.1. The highest BCUT2D eigenvalue weighted by molar-refractivity contribution is 5.83. The van der Waals surface area contributed by atoms with Gasteiger partial charge in [-0.05, 0) is 42.9 Å². The largest absolute Gasteiger partial charge is 0.339 e. The maximum absolute atomic E-state index is 12.8. The summed E-state index contributed by atoms with van der Waals surface area (Å²) in [5.74, 6) is 4.91. The Kier molecular flexibility index (Phi) is 2.41. The lowest BCUT2D eigenvalue weighted by atomic mass is 10.0. The average molecular weight is 287 g/mol. The number of H-pyrrole nitrogens is 1. The number of aromatic nitrogens is 3. The second-order valence-electron chi connectivity index (χ2n) is 7.14. The number of amides is 1. The lowest BCUT2D eigenvalue weighted by Crippen LogP contribution is -2.50. The molecule has 0 spiro atoms. The molecule has 3 saturated carbocycles. The summed E-state index contributed by atoms with van der Waals surface area (Å²) in [7, 11) is 0. The van der Waals surface area contributed by atoms with Crippen molar-refractivity contribution in [3.05, 3.63) is 6.33 Å². The van der Waals surface area contributed by atoms with Crippen molar-refractivity contribution in [2.45, 2.75) is 19.3 Å². The van der Waals surface area contributed by atoms with E-state index in [0.29, 0.717) is 11.8 Å². The van der Waals surface area contributed by atoms with Crippen LogP contribution in [-0.4, -0.2) is 52.2 Å². The van der Waals surface area contributed by atoms with Crippen LogP contribution in [0.2, 0.25) is 0 Å². The van der Waals surface area contributed by atoms with E-state index in [4.69, 9.17) is 0 Å². The number of anilines is 1. The van der Waals surface area contributed by atoms with Gasteiger partial charge in [-0.15, -0.1) is 0 Å². The molecule has 5 rings (SSSR count). The molecule has 1 N–H and O–H groups in total. The Hall–Kier alpha value is -1.59. The average Bonchev–Trinajstić information content (AvgIpc) is 2.97. The van der Waals surface area contributed by atoms with E-state index in [1.807, 2.05) is 0 Å². The molecule has 112 valence electrons. The summed E-state index contributed by atoms with van der Waals surface area (Å²) < 4.78 is 0. The van der Waals surface area contributed by atoms with E-state index in [0.717, 1.165) is 55.8 Å². The number of fused-ring (bicyclic) bond motifs is 5. The van der Waals surface area contributed by atoms with Crippen LogP contribution in [0.5, 0.6) is 0 Å². The summed E-state index contributed by atoms with van der Waals surface area (Å²) in [6.45, 7) is 3.36. The first-order valence-electron chi connectivity index (χ1n) is 8.22. The summed E-state index contributed by atoms with van der Waals surface area (Å²) in [5.41, 5.74) is 0. The summed E-state index contributed by atoms with van der Waals surface area (Å²) >= 11 is 0. The van der Waals surface area contributed by atoms with Crippen LogP contribution in [0.1, 0.15) is 19.3 Å². The molecule has 21 heavy (non-hydrogen) atoms. The number of hydrogen-bond acceptors (Lipinski definition) is 4. The van der Waals surface area contributed by atoms with Crippen LogP contribution in [0, 0.1) is 29.6 Å². The van der Waals surface area contributed by atoms with E-state index in [1.165, 1.54) is 25.6 Å². The summed E-state index contributed by atoms with van der Waals surface area (Å²) in [5, 5.41) is 6.79. The molecule has 4 fully saturated rings. The number of rotatable bonds is 2. The highest BCUT2D eigenvalue weighted by Crippen LogP contribution is 2.69. The van der Waals surface area contributed by atoms with Gasteiger partial charge in [-0.3, -0.25) is 4.79 Å². The lowest BCUT2D eigenvalue weighted by molar-refractivity contribution is -0.134. The molecule has 1 aromatic heterocycles. The molecule has 4 aliphatic rings. The Morgan fingerprint density at radius 1 is 1.14 bits per heavy atom. The van der Waals surface area contributed by atoms with Crippen LogP contribution < -0.4 is 4.90 Å². The van der Waals surface area contributed by atoms with Crippen molar-refractivity contribution >= 4 is 11.9 Å². The summed E-state index contributed by atoms with van der Waals surface area (Å²) in [4.78, 5) is 21.2. The second-order valence-corrected chi connectivity index (χ2v) is 7.14. The first-order valence-corrected chi connectivity index (χ1v) is 8.22. The molecule has 0 aromatic carbocycles. The number of carbonyl (C=O) groups excluding carboxylic acids is 1. The van der Waals surface area contributed by atoms with Gasteiger partial charge in [0.15, 0.2) is 0 Å². The third kappa shape index (κ3) is 1.67. The van der Waals surface area contributed by atoms with Crippen LogP contribution in [0.25, 0.3) is 0 Å². The third-order valence-corrected chi connectivity index (χ3v) is 6.31. The van der Waals surface area contributed by atoms with Crippen LogP contribution in [0.3, 0.4) is 0 Å². The normalized spacial score (nSPS) is 40.5. The van der Waals surface area contributed by atoms with Crippen molar-refractivity contribution in [3.63, 3.8) is 0 Å². The van der Waals surface area contributed by atoms with E-state index in [1.54, 1.807) is 0 Å². The van der Waals surface area contributed by atoms with E-state index < -0.39 is 0 Å². The minimum atomic E-state index is 0.382. The summed E-state index contributed by atoms with van der Waals surface area (Å²) in [6.07, 6.45) is 5.72. The highest BCUT2D eigenvalue weighted by Gasteiger charge is 2.67. The van der Waals surface area contributed by atoms with Gasteiger partial charge in [-0.25, -0.2) is 5.10 Å². The Balaban J connectivity index is 1.22. The molecule has 1 aliphatic heterocycles. The van der Waals surface area contributed by atoms with E-state index in [2.05, 4.69) is 25.0 Å². The molecule has 1 unspecified atom stereocenters. The molecule has 0 radical (unpaired) electrons. The molecule has 1 amide bonds. The van der Waals surface area contributed by atoms with Crippen molar-refractivity contribution < 1.29 is 4.79 Å². The van der Waals surface area contributed by atoms with E-state index >= 15 is 0 Å². The smallest absolute Gasteiger partial charge is 0.226 e. The maximum Gasteiger partial charge on any atom is 0.226 e. The van der Waals surface area contributed by atoms with Crippen molar-refractivity contribution in [3.8, 4) is 0 Å². The van der Waals surface area contributed by atoms with Crippen molar-refractivity contribution in [1.29, 1.82) is 0 Å². The monoisotopic (exact) mass is 287 g/mol.